The molecule has 60 valence electrons. The van der Waals surface area contributed by atoms with Gasteiger partial charge in [0.1, 0.15) is 6.04 Å². The van der Waals surface area contributed by atoms with Gasteiger partial charge in [-0.1, -0.05) is 0 Å². The number of nitrogens with zero attached hydrogens (tertiary/aromatic N) is 1. The lowest BCUT2D eigenvalue weighted by Gasteiger charge is -2.36. The Balaban J connectivity index is 2.14. The van der Waals surface area contributed by atoms with Crippen molar-refractivity contribution in [1.29, 1.82) is 0 Å². The maximum atomic E-state index is 10.9. The Bertz CT molecular complexity index is 218. The molecule has 0 aromatic rings. The van der Waals surface area contributed by atoms with Crippen molar-refractivity contribution in [1.82, 2.24) is 4.90 Å². The van der Waals surface area contributed by atoms with Gasteiger partial charge in [-0.2, -0.15) is 0 Å². The highest BCUT2D eigenvalue weighted by molar-refractivity contribution is 5.89. The van der Waals surface area contributed by atoms with E-state index in [0.717, 1.165) is 6.42 Å². The van der Waals surface area contributed by atoms with E-state index in [1.807, 2.05) is 0 Å². The molecule has 1 unspecified atom stereocenters. The normalized spacial score (nSPS) is 34.9. The number of fused-ring (bicyclic) bond motifs is 1. The van der Waals surface area contributed by atoms with Crippen LogP contribution in [0.15, 0.2) is 0 Å². The summed E-state index contributed by atoms with van der Waals surface area (Å²) in [6.45, 7) is 0. The summed E-state index contributed by atoms with van der Waals surface area (Å²) in [5.74, 6) is -0.861. The molecule has 1 amide bonds. The predicted octanol–water partition coefficient (Wildman–Crippen LogP) is -0.166. The summed E-state index contributed by atoms with van der Waals surface area (Å²) in [4.78, 5) is 22.9. The zero-order valence-corrected chi connectivity index (χ0v) is 5.99. The number of hydrogen-bond acceptors (Lipinski definition) is 2. The fourth-order valence-corrected chi connectivity index (χ4v) is 1.90. The highest BCUT2D eigenvalue weighted by atomic mass is 16.4. The first-order chi connectivity index (χ1) is 5.20. The average molecular weight is 155 g/mol. The molecule has 0 radical (unpaired) electrons. The zero-order chi connectivity index (χ0) is 8.01. The second kappa shape index (κ2) is 1.96. The maximum absolute atomic E-state index is 10.9. The third-order valence-electron chi connectivity index (χ3n) is 2.49. The number of carboxylic acids is 1. The molecule has 0 saturated carbocycles. The van der Waals surface area contributed by atoms with Crippen molar-refractivity contribution in [2.75, 3.05) is 0 Å². The first-order valence-electron chi connectivity index (χ1n) is 3.74. The van der Waals surface area contributed by atoms with Crippen LogP contribution in [-0.4, -0.2) is 34.0 Å². The van der Waals surface area contributed by atoms with E-state index in [1.165, 1.54) is 4.90 Å². The Morgan fingerprint density at radius 2 is 2.27 bits per heavy atom. The Morgan fingerprint density at radius 3 is 2.73 bits per heavy atom. The van der Waals surface area contributed by atoms with Crippen LogP contribution in [-0.2, 0) is 9.59 Å². The van der Waals surface area contributed by atoms with Gasteiger partial charge in [0.25, 0.3) is 0 Å². The van der Waals surface area contributed by atoms with E-state index in [0.29, 0.717) is 12.8 Å². The van der Waals surface area contributed by atoms with Gasteiger partial charge >= 0.3 is 5.97 Å². The molecular formula is C7H9NO3. The summed E-state index contributed by atoms with van der Waals surface area (Å²) in [5, 5.41) is 8.66. The van der Waals surface area contributed by atoms with E-state index < -0.39 is 12.0 Å². The first-order valence-corrected chi connectivity index (χ1v) is 3.74. The average Bonchev–Trinajstić information content (AvgIpc) is 2.25. The van der Waals surface area contributed by atoms with Crippen LogP contribution in [0.3, 0.4) is 0 Å². The molecule has 2 fully saturated rings. The number of amides is 1. The van der Waals surface area contributed by atoms with Crippen molar-refractivity contribution < 1.29 is 14.7 Å². The van der Waals surface area contributed by atoms with Crippen molar-refractivity contribution in [2.45, 2.75) is 31.3 Å². The number of carbonyl (C=O) groups excluding carboxylic acids is 1. The van der Waals surface area contributed by atoms with Gasteiger partial charge in [0.05, 0.1) is 0 Å². The Morgan fingerprint density at radius 1 is 1.55 bits per heavy atom. The fourth-order valence-electron chi connectivity index (χ4n) is 1.90. The Labute approximate surface area is 63.8 Å². The third kappa shape index (κ3) is 0.751. The smallest absolute Gasteiger partial charge is 0.326 e. The summed E-state index contributed by atoms with van der Waals surface area (Å²) in [6.07, 6.45) is 2.05. The second-order valence-corrected chi connectivity index (χ2v) is 3.09. The number of carbonyl (C=O) groups is 2. The van der Waals surface area contributed by atoms with Gasteiger partial charge in [0, 0.05) is 12.5 Å². The second-order valence-electron chi connectivity index (χ2n) is 3.09. The van der Waals surface area contributed by atoms with Crippen LogP contribution in [0.4, 0.5) is 0 Å². The van der Waals surface area contributed by atoms with Gasteiger partial charge in [-0.15, -0.1) is 0 Å². The van der Waals surface area contributed by atoms with Gasteiger partial charge in [-0.3, -0.25) is 4.79 Å². The molecule has 2 saturated heterocycles. The molecular weight excluding hydrogens is 146 g/mol. The van der Waals surface area contributed by atoms with E-state index in [1.54, 1.807) is 0 Å². The Hall–Kier alpha value is -1.06. The predicted molar refractivity (Wildman–Crippen MR) is 35.9 cm³/mol. The molecule has 4 nitrogen and oxygen atoms in total. The van der Waals surface area contributed by atoms with Crippen LogP contribution in [0.2, 0.25) is 0 Å². The van der Waals surface area contributed by atoms with Crippen molar-refractivity contribution in [3.8, 4) is 0 Å². The molecule has 0 aromatic carbocycles. The molecule has 0 bridgehead atoms. The molecule has 2 aliphatic rings. The fraction of sp³-hybridized carbons (Fsp3) is 0.714. The lowest BCUT2D eigenvalue weighted by molar-refractivity contribution is -0.156. The highest BCUT2D eigenvalue weighted by Gasteiger charge is 2.48. The number of hydrogen-bond donors (Lipinski definition) is 1. The number of aliphatic carboxylic acids is 1. The number of rotatable bonds is 1. The molecule has 0 spiro atoms. The summed E-state index contributed by atoms with van der Waals surface area (Å²) >= 11 is 0. The van der Waals surface area contributed by atoms with E-state index in [4.69, 9.17) is 5.11 Å². The van der Waals surface area contributed by atoms with Crippen LogP contribution in [0.1, 0.15) is 19.3 Å². The molecule has 1 N–H and O–H groups in total. The van der Waals surface area contributed by atoms with Crippen molar-refractivity contribution in [2.24, 2.45) is 0 Å². The third-order valence-corrected chi connectivity index (χ3v) is 2.49. The van der Waals surface area contributed by atoms with Gasteiger partial charge in [-0.05, 0) is 12.8 Å². The highest BCUT2D eigenvalue weighted by Crippen LogP contribution is 2.34. The van der Waals surface area contributed by atoms with Crippen LogP contribution in [0.25, 0.3) is 0 Å². The quantitative estimate of drug-likeness (QED) is 0.535. The van der Waals surface area contributed by atoms with Crippen LogP contribution in [0.5, 0.6) is 0 Å². The molecule has 0 aliphatic carbocycles. The van der Waals surface area contributed by atoms with Crippen molar-refractivity contribution >= 4 is 11.9 Å². The molecule has 4 heteroatoms. The minimum atomic E-state index is -0.861. The maximum Gasteiger partial charge on any atom is 0.326 e. The summed E-state index contributed by atoms with van der Waals surface area (Å²) in [5.41, 5.74) is 0. The van der Waals surface area contributed by atoms with Crippen LogP contribution >= 0.6 is 0 Å². The standard InChI is InChI=1S/C7H9NO3/c9-6-3-4-1-2-5(7(10)11)8(4)6/h4-5H,1-3H2,(H,10,11)/t4?,5-/m1/s1. The van der Waals surface area contributed by atoms with E-state index >= 15 is 0 Å². The minimum Gasteiger partial charge on any atom is -0.480 e. The van der Waals surface area contributed by atoms with Gasteiger partial charge in [-0.25, -0.2) is 4.79 Å². The molecule has 2 atom stereocenters. The van der Waals surface area contributed by atoms with Gasteiger partial charge < -0.3 is 10.0 Å². The monoisotopic (exact) mass is 155 g/mol. The van der Waals surface area contributed by atoms with Gasteiger partial charge in [0.15, 0.2) is 0 Å². The summed E-state index contributed by atoms with van der Waals surface area (Å²) < 4.78 is 0. The zero-order valence-electron chi connectivity index (χ0n) is 5.99. The van der Waals surface area contributed by atoms with E-state index in [2.05, 4.69) is 0 Å². The first kappa shape index (κ1) is 6.64. The Kier molecular flexibility index (Phi) is 1.19. The molecule has 2 aliphatic heterocycles. The van der Waals surface area contributed by atoms with Crippen LogP contribution in [0, 0.1) is 0 Å². The van der Waals surface area contributed by atoms with Crippen molar-refractivity contribution in [3.63, 3.8) is 0 Å². The van der Waals surface area contributed by atoms with Crippen LogP contribution < -0.4 is 0 Å². The molecule has 0 aromatic heterocycles. The van der Waals surface area contributed by atoms with Crippen molar-refractivity contribution in [3.05, 3.63) is 0 Å². The molecule has 11 heavy (non-hydrogen) atoms. The lowest BCUT2D eigenvalue weighted by atomic mass is 10.0. The van der Waals surface area contributed by atoms with E-state index in [-0.39, 0.29) is 11.9 Å². The minimum absolute atomic E-state index is 0.0000926. The van der Waals surface area contributed by atoms with Gasteiger partial charge in [0.2, 0.25) is 5.91 Å². The van der Waals surface area contributed by atoms with E-state index in [9.17, 15) is 9.59 Å². The number of carboxylic acid groups (broad SMARTS) is 1. The topological polar surface area (TPSA) is 57.6 Å². The lowest BCUT2D eigenvalue weighted by Crippen LogP contribution is -2.54. The summed E-state index contributed by atoms with van der Waals surface area (Å²) in [6, 6.07) is -0.287. The molecule has 2 heterocycles. The number of β-lactam (4-membered cyclic amide) rings is 1. The molecule has 2 rings (SSSR count). The summed E-state index contributed by atoms with van der Waals surface area (Å²) in [7, 11) is 0. The largest absolute Gasteiger partial charge is 0.480 e. The SMILES string of the molecule is O=C(O)[C@H]1CCC2CC(=O)N21.